The lowest BCUT2D eigenvalue weighted by Gasteiger charge is -2.25. The van der Waals surface area contributed by atoms with Crippen molar-refractivity contribution in [1.29, 1.82) is 0 Å². The topological polar surface area (TPSA) is 81.2 Å². The van der Waals surface area contributed by atoms with Crippen LogP contribution in [0.5, 0.6) is 0 Å². The Morgan fingerprint density at radius 1 is 1.45 bits per heavy atom. The first-order valence-corrected chi connectivity index (χ1v) is 8.50. The van der Waals surface area contributed by atoms with Gasteiger partial charge in [-0.2, -0.15) is 4.31 Å². The SMILES string of the molecule is O=S(=O)(c1cc(CCl)oc1Br)N1CCn2cnnc2C1. The molecule has 0 fully saturated rings. The van der Waals surface area contributed by atoms with Gasteiger partial charge >= 0.3 is 0 Å². The largest absolute Gasteiger partial charge is 0.452 e. The quantitative estimate of drug-likeness (QED) is 0.754. The number of fused-ring (bicyclic) bond motifs is 1. The molecular formula is C10H10BrClN4O3S. The standard InChI is InChI=1S/C10H10BrClN4O3S/c11-10-8(3-7(4-12)19-10)20(17,18)16-2-1-15-6-13-14-9(15)5-16/h3,6H,1-2,4-5H2. The van der Waals surface area contributed by atoms with E-state index in [9.17, 15) is 8.42 Å². The molecule has 2 aromatic heterocycles. The van der Waals surface area contributed by atoms with Gasteiger partial charge in [-0.3, -0.25) is 0 Å². The Morgan fingerprint density at radius 2 is 2.25 bits per heavy atom. The Bertz CT molecular complexity index is 742. The number of nitrogens with zero attached hydrogens (tertiary/aromatic N) is 4. The second-order valence-corrected chi connectivity index (χ2v) is 7.16. The summed E-state index contributed by atoms with van der Waals surface area (Å²) in [5, 5.41) is 7.68. The third-order valence-electron chi connectivity index (χ3n) is 3.06. The van der Waals surface area contributed by atoms with E-state index < -0.39 is 10.0 Å². The van der Waals surface area contributed by atoms with Gasteiger partial charge in [0.15, 0.2) is 4.67 Å². The summed E-state index contributed by atoms with van der Waals surface area (Å²) in [5.74, 6) is 1.14. The monoisotopic (exact) mass is 380 g/mol. The molecule has 10 heteroatoms. The fraction of sp³-hybridized carbons (Fsp3) is 0.400. The minimum atomic E-state index is -3.65. The molecule has 0 saturated heterocycles. The lowest BCUT2D eigenvalue weighted by molar-refractivity contribution is 0.334. The number of halogens is 2. The molecule has 0 aromatic carbocycles. The summed E-state index contributed by atoms with van der Waals surface area (Å²) in [7, 11) is -3.65. The highest BCUT2D eigenvalue weighted by Gasteiger charge is 2.32. The van der Waals surface area contributed by atoms with Gasteiger partial charge in [-0.25, -0.2) is 8.42 Å². The van der Waals surface area contributed by atoms with Crippen LogP contribution >= 0.6 is 27.5 Å². The fourth-order valence-corrected chi connectivity index (χ4v) is 4.51. The Hall–Kier alpha value is -0.900. The number of furan rings is 1. The maximum absolute atomic E-state index is 12.6. The van der Waals surface area contributed by atoms with Crippen molar-refractivity contribution in [2.24, 2.45) is 0 Å². The smallest absolute Gasteiger partial charge is 0.247 e. The van der Waals surface area contributed by atoms with Crippen molar-refractivity contribution < 1.29 is 12.8 Å². The van der Waals surface area contributed by atoms with Crippen molar-refractivity contribution in [3.63, 3.8) is 0 Å². The molecule has 0 bridgehead atoms. The molecule has 3 rings (SSSR count). The van der Waals surface area contributed by atoms with Crippen molar-refractivity contribution in [3.8, 4) is 0 Å². The van der Waals surface area contributed by atoms with E-state index >= 15 is 0 Å². The Balaban J connectivity index is 1.95. The zero-order valence-electron chi connectivity index (χ0n) is 10.2. The van der Waals surface area contributed by atoms with Crippen molar-refractivity contribution in [3.05, 3.63) is 28.6 Å². The second kappa shape index (κ2) is 5.14. The Morgan fingerprint density at radius 3 is 2.95 bits per heavy atom. The van der Waals surface area contributed by atoms with Crippen LogP contribution in [0.3, 0.4) is 0 Å². The molecule has 0 aliphatic carbocycles. The first kappa shape index (κ1) is 14.1. The van der Waals surface area contributed by atoms with E-state index in [2.05, 4.69) is 26.1 Å². The molecule has 0 amide bonds. The first-order chi connectivity index (χ1) is 9.52. The van der Waals surface area contributed by atoms with Crippen LogP contribution in [-0.2, 0) is 29.0 Å². The van der Waals surface area contributed by atoms with Gasteiger partial charge in [0.2, 0.25) is 10.0 Å². The van der Waals surface area contributed by atoms with Gasteiger partial charge < -0.3 is 8.98 Å². The number of hydrogen-bond donors (Lipinski definition) is 0. The van der Waals surface area contributed by atoms with E-state index in [1.54, 1.807) is 6.33 Å². The van der Waals surface area contributed by atoms with Gasteiger partial charge in [0, 0.05) is 19.2 Å². The van der Waals surface area contributed by atoms with E-state index in [1.165, 1.54) is 10.4 Å². The van der Waals surface area contributed by atoms with E-state index in [-0.39, 0.29) is 22.0 Å². The van der Waals surface area contributed by atoms with Crippen LogP contribution in [0, 0.1) is 0 Å². The summed E-state index contributed by atoms with van der Waals surface area (Å²) in [5.41, 5.74) is 0. The van der Waals surface area contributed by atoms with E-state index in [4.69, 9.17) is 16.0 Å². The summed E-state index contributed by atoms with van der Waals surface area (Å²) in [6, 6.07) is 1.44. The molecule has 20 heavy (non-hydrogen) atoms. The highest BCUT2D eigenvalue weighted by Crippen LogP contribution is 2.30. The molecule has 0 spiro atoms. The maximum atomic E-state index is 12.6. The van der Waals surface area contributed by atoms with Gasteiger partial charge in [-0.1, -0.05) is 0 Å². The molecule has 0 saturated carbocycles. The zero-order valence-corrected chi connectivity index (χ0v) is 13.3. The van der Waals surface area contributed by atoms with Gasteiger partial charge in [0.05, 0.1) is 12.4 Å². The average molecular weight is 382 g/mol. The van der Waals surface area contributed by atoms with E-state index in [1.807, 2.05) is 4.57 Å². The van der Waals surface area contributed by atoms with Crippen LogP contribution in [0.15, 0.2) is 26.4 Å². The molecule has 0 unspecified atom stereocenters. The van der Waals surface area contributed by atoms with Crippen molar-refractivity contribution in [2.45, 2.75) is 23.9 Å². The normalized spacial score (nSPS) is 16.3. The molecule has 0 N–H and O–H groups in total. The minimum Gasteiger partial charge on any atom is -0.452 e. The number of alkyl halides is 1. The molecule has 0 atom stereocenters. The zero-order chi connectivity index (χ0) is 14.3. The summed E-state index contributed by atoms with van der Waals surface area (Å²) < 4.78 is 33.8. The number of sulfonamides is 1. The molecule has 2 aromatic rings. The van der Waals surface area contributed by atoms with Gasteiger partial charge in [-0.05, 0) is 15.9 Å². The predicted molar refractivity (Wildman–Crippen MR) is 73.6 cm³/mol. The predicted octanol–water partition coefficient (Wildman–Crippen LogP) is 1.58. The van der Waals surface area contributed by atoms with Gasteiger partial charge in [0.25, 0.3) is 0 Å². The summed E-state index contributed by atoms with van der Waals surface area (Å²) in [6.07, 6.45) is 1.60. The molecule has 3 heterocycles. The average Bonchev–Trinajstić information content (AvgIpc) is 3.03. The second-order valence-electron chi connectivity index (χ2n) is 4.26. The summed E-state index contributed by atoms with van der Waals surface area (Å²) >= 11 is 8.78. The molecule has 108 valence electrons. The highest BCUT2D eigenvalue weighted by molar-refractivity contribution is 9.10. The van der Waals surface area contributed by atoms with Crippen molar-refractivity contribution >= 4 is 37.6 Å². The number of rotatable bonds is 3. The Labute approximate surface area is 128 Å². The van der Waals surface area contributed by atoms with Crippen LogP contribution in [-0.4, -0.2) is 34.0 Å². The minimum absolute atomic E-state index is 0.0844. The maximum Gasteiger partial charge on any atom is 0.247 e. The number of aromatic nitrogens is 3. The van der Waals surface area contributed by atoms with Crippen LogP contribution < -0.4 is 0 Å². The van der Waals surface area contributed by atoms with Crippen LogP contribution in [0.1, 0.15) is 11.6 Å². The van der Waals surface area contributed by atoms with Gasteiger partial charge in [0.1, 0.15) is 22.8 Å². The Kier molecular flexibility index (Phi) is 3.61. The number of hydrogen-bond acceptors (Lipinski definition) is 5. The van der Waals surface area contributed by atoms with Crippen LogP contribution in [0.4, 0.5) is 0 Å². The summed E-state index contributed by atoms with van der Waals surface area (Å²) in [4.78, 5) is 0.0844. The van der Waals surface area contributed by atoms with Gasteiger partial charge in [-0.15, -0.1) is 21.8 Å². The third kappa shape index (κ3) is 2.28. The van der Waals surface area contributed by atoms with E-state index in [0.29, 0.717) is 24.7 Å². The van der Waals surface area contributed by atoms with Crippen LogP contribution in [0.25, 0.3) is 0 Å². The fourth-order valence-electron chi connectivity index (χ4n) is 2.03. The highest BCUT2D eigenvalue weighted by atomic mass is 79.9. The van der Waals surface area contributed by atoms with Crippen molar-refractivity contribution in [2.75, 3.05) is 6.54 Å². The third-order valence-corrected chi connectivity index (χ3v) is 6.03. The lowest BCUT2D eigenvalue weighted by Crippen LogP contribution is -2.38. The molecule has 1 aliphatic heterocycles. The molecule has 7 nitrogen and oxygen atoms in total. The van der Waals surface area contributed by atoms with E-state index in [0.717, 1.165) is 0 Å². The molecule has 1 aliphatic rings. The molecule has 0 radical (unpaired) electrons. The lowest BCUT2D eigenvalue weighted by atomic mass is 10.4. The van der Waals surface area contributed by atoms with Crippen molar-refractivity contribution in [1.82, 2.24) is 19.1 Å². The van der Waals surface area contributed by atoms with Crippen LogP contribution in [0.2, 0.25) is 0 Å². The summed E-state index contributed by atoms with van der Waals surface area (Å²) in [6.45, 7) is 1.08. The first-order valence-electron chi connectivity index (χ1n) is 5.73. The molecular weight excluding hydrogens is 372 g/mol.